The first-order valence-electron chi connectivity index (χ1n) is 6.06. The SMILES string of the molecule is CC(C)C(NCc1cncn1C1CC1)C(=O)O. The fraction of sp³-hybridized carbons (Fsp3) is 0.667. The number of hydrogen-bond acceptors (Lipinski definition) is 3. The van der Waals surface area contributed by atoms with E-state index < -0.39 is 12.0 Å². The first-order chi connectivity index (χ1) is 8.09. The number of carboxylic acids is 1. The highest BCUT2D eigenvalue weighted by molar-refractivity contribution is 5.73. The Balaban J connectivity index is 1.96. The maximum Gasteiger partial charge on any atom is 0.320 e. The summed E-state index contributed by atoms with van der Waals surface area (Å²) in [7, 11) is 0. The van der Waals surface area contributed by atoms with Gasteiger partial charge in [0, 0.05) is 18.8 Å². The minimum atomic E-state index is -0.794. The molecule has 1 atom stereocenters. The number of imidazole rings is 1. The third-order valence-electron chi connectivity index (χ3n) is 3.12. The number of nitrogens with zero attached hydrogens (tertiary/aromatic N) is 2. The fourth-order valence-electron chi connectivity index (χ4n) is 1.97. The summed E-state index contributed by atoms with van der Waals surface area (Å²) < 4.78 is 2.15. The van der Waals surface area contributed by atoms with E-state index in [1.165, 1.54) is 12.8 Å². The van der Waals surface area contributed by atoms with Gasteiger partial charge in [0.05, 0.1) is 12.0 Å². The summed E-state index contributed by atoms with van der Waals surface area (Å²) in [5.74, 6) is -0.720. The van der Waals surface area contributed by atoms with Crippen molar-refractivity contribution in [3.05, 3.63) is 18.2 Å². The summed E-state index contributed by atoms with van der Waals surface area (Å²) in [4.78, 5) is 15.2. The van der Waals surface area contributed by atoms with Crippen molar-refractivity contribution in [3.63, 3.8) is 0 Å². The molecule has 1 fully saturated rings. The summed E-state index contributed by atoms with van der Waals surface area (Å²) in [5, 5.41) is 12.2. The van der Waals surface area contributed by atoms with Crippen LogP contribution >= 0.6 is 0 Å². The molecule has 1 aliphatic rings. The highest BCUT2D eigenvalue weighted by atomic mass is 16.4. The number of rotatable bonds is 6. The molecule has 0 bridgehead atoms. The smallest absolute Gasteiger partial charge is 0.320 e. The third kappa shape index (κ3) is 2.85. The van der Waals surface area contributed by atoms with Gasteiger partial charge in [0.2, 0.25) is 0 Å². The Kier molecular flexibility index (Phi) is 3.47. The number of carboxylic acid groups (broad SMARTS) is 1. The minimum Gasteiger partial charge on any atom is -0.480 e. The molecule has 0 aromatic carbocycles. The van der Waals surface area contributed by atoms with Crippen molar-refractivity contribution in [2.24, 2.45) is 5.92 Å². The van der Waals surface area contributed by atoms with Crippen LogP contribution in [0.25, 0.3) is 0 Å². The van der Waals surface area contributed by atoms with E-state index in [4.69, 9.17) is 5.11 Å². The van der Waals surface area contributed by atoms with Crippen LogP contribution in [0.1, 0.15) is 38.4 Å². The number of aromatic nitrogens is 2. The average molecular weight is 237 g/mol. The summed E-state index contributed by atoms with van der Waals surface area (Å²) in [6, 6.07) is 0.0779. The molecule has 1 saturated carbocycles. The first kappa shape index (κ1) is 12.1. The van der Waals surface area contributed by atoms with Crippen molar-refractivity contribution in [1.82, 2.24) is 14.9 Å². The second kappa shape index (κ2) is 4.87. The lowest BCUT2D eigenvalue weighted by Crippen LogP contribution is -2.40. The van der Waals surface area contributed by atoms with E-state index in [0.29, 0.717) is 12.6 Å². The van der Waals surface area contributed by atoms with E-state index in [0.717, 1.165) is 5.69 Å². The zero-order chi connectivity index (χ0) is 12.4. The number of carbonyl (C=O) groups is 1. The average Bonchev–Trinajstić information content (AvgIpc) is 2.98. The largest absolute Gasteiger partial charge is 0.480 e. The molecule has 1 heterocycles. The van der Waals surface area contributed by atoms with Crippen molar-refractivity contribution in [2.45, 2.75) is 45.3 Å². The van der Waals surface area contributed by atoms with Crippen LogP contribution in [0.2, 0.25) is 0 Å². The van der Waals surface area contributed by atoms with Gasteiger partial charge in [0.25, 0.3) is 0 Å². The maximum absolute atomic E-state index is 11.0. The summed E-state index contributed by atoms with van der Waals surface area (Å²) in [6.45, 7) is 4.37. The highest BCUT2D eigenvalue weighted by Crippen LogP contribution is 2.35. The first-order valence-corrected chi connectivity index (χ1v) is 6.06. The van der Waals surface area contributed by atoms with Gasteiger partial charge in [-0.1, -0.05) is 13.8 Å². The quantitative estimate of drug-likeness (QED) is 0.785. The molecule has 0 saturated heterocycles. The van der Waals surface area contributed by atoms with Crippen LogP contribution in [0.15, 0.2) is 12.5 Å². The van der Waals surface area contributed by atoms with E-state index in [9.17, 15) is 4.79 Å². The number of hydrogen-bond donors (Lipinski definition) is 2. The Morgan fingerprint density at radius 1 is 1.65 bits per heavy atom. The van der Waals surface area contributed by atoms with Crippen LogP contribution < -0.4 is 5.32 Å². The predicted octanol–water partition coefficient (Wildman–Crippen LogP) is 1.42. The Bertz CT molecular complexity index is 396. The van der Waals surface area contributed by atoms with Gasteiger partial charge >= 0.3 is 5.97 Å². The van der Waals surface area contributed by atoms with E-state index in [-0.39, 0.29) is 5.92 Å². The van der Waals surface area contributed by atoms with Gasteiger partial charge in [-0.25, -0.2) is 4.98 Å². The van der Waals surface area contributed by atoms with Crippen molar-refractivity contribution >= 4 is 5.97 Å². The molecule has 1 aliphatic carbocycles. The molecule has 0 aliphatic heterocycles. The van der Waals surface area contributed by atoms with E-state index in [1.807, 2.05) is 26.4 Å². The van der Waals surface area contributed by atoms with Gasteiger partial charge in [0.15, 0.2) is 0 Å². The zero-order valence-electron chi connectivity index (χ0n) is 10.3. The Morgan fingerprint density at radius 3 is 2.88 bits per heavy atom. The van der Waals surface area contributed by atoms with Crippen LogP contribution in [0.3, 0.4) is 0 Å². The molecular weight excluding hydrogens is 218 g/mol. The monoisotopic (exact) mass is 237 g/mol. The molecule has 5 heteroatoms. The Labute approximate surface area is 101 Å². The molecule has 1 aromatic heterocycles. The lowest BCUT2D eigenvalue weighted by atomic mass is 10.0. The standard InChI is InChI=1S/C12H19N3O2/c1-8(2)11(12(16)17)14-6-10-5-13-7-15(10)9-3-4-9/h5,7-9,11,14H,3-4,6H2,1-2H3,(H,16,17). The van der Waals surface area contributed by atoms with Gasteiger partial charge < -0.3 is 9.67 Å². The van der Waals surface area contributed by atoms with Crippen LogP contribution in [0, 0.1) is 5.92 Å². The molecular formula is C12H19N3O2. The van der Waals surface area contributed by atoms with Crippen molar-refractivity contribution in [2.75, 3.05) is 0 Å². The van der Waals surface area contributed by atoms with Gasteiger partial charge in [-0.3, -0.25) is 10.1 Å². The molecule has 94 valence electrons. The lowest BCUT2D eigenvalue weighted by molar-refractivity contribution is -0.140. The predicted molar refractivity (Wildman–Crippen MR) is 63.6 cm³/mol. The molecule has 0 amide bonds. The van der Waals surface area contributed by atoms with Crippen LogP contribution in [0.5, 0.6) is 0 Å². The van der Waals surface area contributed by atoms with Crippen LogP contribution in [0.4, 0.5) is 0 Å². The molecule has 17 heavy (non-hydrogen) atoms. The van der Waals surface area contributed by atoms with E-state index in [2.05, 4.69) is 14.9 Å². The fourth-order valence-corrected chi connectivity index (χ4v) is 1.97. The van der Waals surface area contributed by atoms with Gasteiger partial charge in [-0.2, -0.15) is 0 Å². The summed E-state index contributed by atoms with van der Waals surface area (Å²) in [6.07, 6.45) is 6.05. The molecule has 1 unspecified atom stereocenters. The van der Waals surface area contributed by atoms with Crippen molar-refractivity contribution in [3.8, 4) is 0 Å². The van der Waals surface area contributed by atoms with Gasteiger partial charge in [-0.05, 0) is 18.8 Å². The molecule has 2 rings (SSSR count). The molecule has 0 spiro atoms. The number of aliphatic carboxylic acids is 1. The third-order valence-corrected chi connectivity index (χ3v) is 3.12. The number of nitrogens with one attached hydrogen (secondary N) is 1. The van der Waals surface area contributed by atoms with E-state index >= 15 is 0 Å². The summed E-state index contributed by atoms with van der Waals surface area (Å²) in [5.41, 5.74) is 1.07. The van der Waals surface area contributed by atoms with Crippen molar-refractivity contribution in [1.29, 1.82) is 0 Å². The summed E-state index contributed by atoms with van der Waals surface area (Å²) >= 11 is 0. The molecule has 1 aromatic rings. The van der Waals surface area contributed by atoms with Crippen LogP contribution in [-0.2, 0) is 11.3 Å². The Hall–Kier alpha value is -1.36. The minimum absolute atomic E-state index is 0.0739. The van der Waals surface area contributed by atoms with Gasteiger partial charge in [0.1, 0.15) is 6.04 Å². The molecule has 0 radical (unpaired) electrons. The van der Waals surface area contributed by atoms with Crippen LogP contribution in [-0.4, -0.2) is 26.7 Å². The second-order valence-electron chi connectivity index (χ2n) is 4.96. The normalized spacial score (nSPS) is 17.4. The second-order valence-corrected chi connectivity index (χ2v) is 4.96. The highest BCUT2D eigenvalue weighted by Gasteiger charge is 2.26. The zero-order valence-corrected chi connectivity index (χ0v) is 10.3. The molecule has 2 N–H and O–H groups in total. The van der Waals surface area contributed by atoms with Crippen molar-refractivity contribution < 1.29 is 9.90 Å². The topological polar surface area (TPSA) is 67.2 Å². The van der Waals surface area contributed by atoms with Gasteiger partial charge in [-0.15, -0.1) is 0 Å². The Morgan fingerprint density at radius 2 is 2.35 bits per heavy atom. The van der Waals surface area contributed by atoms with E-state index in [1.54, 1.807) is 0 Å². The molecule has 5 nitrogen and oxygen atoms in total. The lowest BCUT2D eigenvalue weighted by Gasteiger charge is -2.18. The maximum atomic E-state index is 11.0.